The smallest absolute Gasteiger partial charge is 0.313 e. The number of fused-ring (bicyclic) bond motifs is 1. The molecule has 11 heteroatoms. The van der Waals surface area contributed by atoms with Gasteiger partial charge in [0.15, 0.2) is 6.61 Å². The van der Waals surface area contributed by atoms with Crippen molar-refractivity contribution in [1.29, 1.82) is 5.26 Å². The Labute approximate surface area is 196 Å². The van der Waals surface area contributed by atoms with Crippen LogP contribution in [-0.4, -0.2) is 27.4 Å². The molecule has 0 amide bonds. The van der Waals surface area contributed by atoms with E-state index in [1.165, 1.54) is 23.0 Å². The molecule has 3 aromatic rings. The highest BCUT2D eigenvalue weighted by atomic mass is 79.9. The van der Waals surface area contributed by atoms with Crippen LogP contribution in [-0.2, 0) is 0 Å². The van der Waals surface area contributed by atoms with Gasteiger partial charge < -0.3 is 4.74 Å². The fourth-order valence-electron chi connectivity index (χ4n) is 2.96. The highest BCUT2D eigenvalue weighted by Gasteiger charge is 2.21. The standard InChI is InChI=1S/C21H17BrClN5O4/c1-3-12(2)20-26-17-5-4-14(22)10-15(17)21(29)27(20)25-11-13-8-16(23)19(32-7-6-24)18(9-13)28(30)31/h4-5,8-12H,3,7H2,1-2H3/t12-/m0/s1. The molecule has 0 N–H and O–H groups in total. The Bertz CT molecular complexity index is 1330. The van der Waals surface area contributed by atoms with E-state index in [0.29, 0.717) is 16.7 Å². The number of hydrogen-bond acceptors (Lipinski definition) is 7. The highest BCUT2D eigenvalue weighted by Crippen LogP contribution is 2.35. The Morgan fingerprint density at radius 1 is 1.44 bits per heavy atom. The van der Waals surface area contributed by atoms with Gasteiger partial charge in [0.05, 0.1) is 27.1 Å². The Kier molecular flexibility index (Phi) is 7.22. The third-order valence-corrected chi connectivity index (χ3v) is 5.51. The second-order valence-electron chi connectivity index (χ2n) is 6.86. The molecular formula is C21H17BrClN5O4. The van der Waals surface area contributed by atoms with Crippen LogP contribution in [0.5, 0.6) is 5.75 Å². The summed E-state index contributed by atoms with van der Waals surface area (Å²) in [5.74, 6) is 0.204. The number of halogens is 2. The molecule has 1 heterocycles. The number of ether oxygens (including phenoxy) is 1. The Hall–Kier alpha value is -3.29. The molecule has 9 nitrogen and oxygen atoms in total. The lowest BCUT2D eigenvalue weighted by molar-refractivity contribution is -0.385. The number of benzene rings is 2. The topological polar surface area (TPSA) is 123 Å². The van der Waals surface area contributed by atoms with Gasteiger partial charge in [-0.2, -0.15) is 15.0 Å². The van der Waals surface area contributed by atoms with Crippen molar-refractivity contribution in [2.24, 2.45) is 5.10 Å². The van der Waals surface area contributed by atoms with Crippen LogP contribution in [0.2, 0.25) is 5.02 Å². The molecule has 1 aromatic heterocycles. The van der Waals surface area contributed by atoms with Gasteiger partial charge in [-0.15, -0.1) is 0 Å². The highest BCUT2D eigenvalue weighted by molar-refractivity contribution is 9.10. The van der Waals surface area contributed by atoms with Gasteiger partial charge in [0.1, 0.15) is 11.9 Å². The summed E-state index contributed by atoms with van der Waals surface area (Å²) in [5, 5.41) is 24.7. The summed E-state index contributed by atoms with van der Waals surface area (Å²) >= 11 is 9.50. The van der Waals surface area contributed by atoms with E-state index in [-0.39, 0.29) is 34.4 Å². The van der Waals surface area contributed by atoms with Crippen LogP contribution in [0.15, 0.2) is 44.7 Å². The minimum absolute atomic E-state index is 0.0500. The molecule has 0 aliphatic heterocycles. The molecular weight excluding hydrogens is 502 g/mol. The second-order valence-corrected chi connectivity index (χ2v) is 8.18. The lowest BCUT2D eigenvalue weighted by atomic mass is 10.1. The van der Waals surface area contributed by atoms with Crippen LogP contribution in [0, 0.1) is 21.4 Å². The number of aromatic nitrogens is 2. The van der Waals surface area contributed by atoms with E-state index >= 15 is 0 Å². The van der Waals surface area contributed by atoms with Crippen molar-refractivity contribution < 1.29 is 9.66 Å². The van der Waals surface area contributed by atoms with Crippen LogP contribution < -0.4 is 10.3 Å². The van der Waals surface area contributed by atoms with Crippen LogP contribution in [0.4, 0.5) is 5.69 Å². The SMILES string of the molecule is CC[C@H](C)c1nc2ccc(Br)cc2c(=O)n1N=Cc1cc(Cl)c(OCC#N)c([N+](=O)[O-])c1. The van der Waals surface area contributed by atoms with Crippen LogP contribution >= 0.6 is 27.5 Å². The zero-order valence-electron chi connectivity index (χ0n) is 17.1. The summed E-state index contributed by atoms with van der Waals surface area (Å²) in [4.78, 5) is 28.6. The predicted octanol–water partition coefficient (Wildman–Crippen LogP) is 5.02. The van der Waals surface area contributed by atoms with E-state index in [0.717, 1.165) is 10.9 Å². The Morgan fingerprint density at radius 3 is 2.84 bits per heavy atom. The second kappa shape index (κ2) is 9.89. The summed E-state index contributed by atoms with van der Waals surface area (Å²) < 4.78 is 7.02. The molecule has 0 bridgehead atoms. The number of nitro groups is 1. The average molecular weight is 519 g/mol. The van der Waals surface area contributed by atoms with Gasteiger partial charge in [-0.3, -0.25) is 14.9 Å². The molecule has 164 valence electrons. The first kappa shape index (κ1) is 23.4. The van der Waals surface area contributed by atoms with Gasteiger partial charge in [0, 0.05) is 22.0 Å². The maximum absolute atomic E-state index is 13.2. The number of hydrogen-bond donors (Lipinski definition) is 0. The normalized spacial score (nSPS) is 12.1. The van der Waals surface area contributed by atoms with Crippen molar-refractivity contribution in [3.05, 3.63) is 71.7 Å². The first-order chi connectivity index (χ1) is 15.3. The number of rotatable bonds is 7. The molecule has 0 saturated carbocycles. The van der Waals surface area contributed by atoms with E-state index < -0.39 is 10.6 Å². The molecule has 0 unspecified atom stereocenters. The molecule has 2 aromatic carbocycles. The third kappa shape index (κ3) is 4.79. The van der Waals surface area contributed by atoms with Gasteiger partial charge in [0.25, 0.3) is 5.56 Å². The molecule has 0 fully saturated rings. The van der Waals surface area contributed by atoms with Crippen molar-refractivity contribution in [3.63, 3.8) is 0 Å². The maximum atomic E-state index is 13.2. The van der Waals surface area contributed by atoms with Crippen molar-refractivity contribution >= 4 is 50.3 Å². The van der Waals surface area contributed by atoms with Crippen molar-refractivity contribution in [3.8, 4) is 11.8 Å². The fourth-order valence-corrected chi connectivity index (χ4v) is 3.60. The van der Waals surface area contributed by atoms with E-state index in [2.05, 4.69) is 26.0 Å². The molecule has 0 saturated heterocycles. The number of nitro benzene ring substituents is 1. The van der Waals surface area contributed by atoms with Gasteiger partial charge in [0.2, 0.25) is 5.75 Å². The molecule has 0 radical (unpaired) electrons. The van der Waals surface area contributed by atoms with E-state index in [1.54, 1.807) is 24.3 Å². The molecule has 3 rings (SSSR count). The number of nitriles is 1. The summed E-state index contributed by atoms with van der Waals surface area (Å²) in [5.41, 5.74) is 0.0571. The maximum Gasteiger partial charge on any atom is 0.313 e. The molecule has 32 heavy (non-hydrogen) atoms. The van der Waals surface area contributed by atoms with Crippen LogP contribution in [0.3, 0.4) is 0 Å². The molecule has 0 aliphatic rings. The van der Waals surface area contributed by atoms with Crippen LogP contribution in [0.1, 0.15) is 37.6 Å². The van der Waals surface area contributed by atoms with E-state index in [9.17, 15) is 14.9 Å². The molecule has 0 aliphatic carbocycles. The van der Waals surface area contributed by atoms with E-state index in [1.807, 2.05) is 13.8 Å². The first-order valence-electron chi connectivity index (χ1n) is 9.51. The van der Waals surface area contributed by atoms with Gasteiger partial charge in [-0.25, -0.2) is 4.98 Å². The summed E-state index contributed by atoms with van der Waals surface area (Å²) in [6, 6.07) is 9.58. The molecule has 0 spiro atoms. The monoisotopic (exact) mass is 517 g/mol. The van der Waals surface area contributed by atoms with Gasteiger partial charge >= 0.3 is 5.69 Å². The summed E-state index contributed by atoms with van der Waals surface area (Å²) in [6.07, 6.45) is 2.03. The minimum Gasteiger partial charge on any atom is -0.470 e. The average Bonchev–Trinajstić information content (AvgIpc) is 2.77. The predicted molar refractivity (Wildman–Crippen MR) is 125 cm³/mol. The van der Waals surface area contributed by atoms with Gasteiger partial charge in [-0.05, 0) is 30.7 Å². The van der Waals surface area contributed by atoms with Crippen molar-refractivity contribution in [2.75, 3.05) is 6.61 Å². The zero-order valence-corrected chi connectivity index (χ0v) is 19.4. The Morgan fingerprint density at radius 2 is 2.19 bits per heavy atom. The van der Waals surface area contributed by atoms with Crippen molar-refractivity contribution in [1.82, 2.24) is 9.66 Å². The quantitative estimate of drug-likeness (QED) is 0.246. The summed E-state index contributed by atoms with van der Waals surface area (Å²) in [6.45, 7) is 3.52. The lowest BCUT2D eigenvalue weighted by Crippen LogP contribution is -2.23. The number of nitrogens with zero attached hydrogens (tertiary/aromatic N) is 5. The minimum atomic E-state index is -0.665. The zero-order chi connectivity index (χ0) is 23.4. The van der Waals surface area contributed by atoms with Crippen LogP contribution in [0.25, 0.3) is 10.9 Å². The third-order valence-electron chi connectivity index (χ3n) is 4.73. The van der Waals surface area contributed by atoms with E-state index in [4.69, 9.17) is 21.6 Å². The van der Waals surface area contributed by atoms with Gasteiger partial charge in [-0.1, -0.05) is 41.4 Å². The molecule has 1 atom stereocenters. The van der Waals surface area contributed by atoms with Crippen molar-refractivity contribution in [2.45, 2.75) is 26.2 Å². The fraction of sp³-hybridized carbons (Fsp3) is 0.238. The largest absolute Gasteiger partial charge is 0.470 e. The summed E-state index contributed by atoms with van der Waals surface area (Å²) in [7, 11) is 0. The lowest BCUT2D eigenvalue weighted by Gasteiger charge is -2.14. The Balaban J connectivity index is 2.15. The first-order valence-corrected chi connectivity index (χ1v) is 10.7.